The zero-order valence-electron chi connectivity index (χ0n) is 14.4. The van der Waals surface area contributed by atoms with Gasteiger partial charge in [0.25, 0.3) is 0 Å². The maximum absolute atomic E-state index is 9.89. The molecule has 0 saturated carbocycles. The van der Waals surface area contributed by atoms with Crippen molar-refractivity contribution in [3.8, 4) is 0 Å². The van der Waals surface area contributed by atoms with E-state index in [1.807, 2.05) is 0 Å². The minimum atomic E-state index is -4.07. The molecule has 0 aromatic carbocycles. The third-order valence-corrected chi connectivity index (χ3v) is 2.91. The van der Waals surface area contributed by atoms with Gasteiger partial charge < -0.3 is 29.7 Å². The predicted octanol–water partition coefficient (Wildman–Crippen LogP) is -3.86. The van der Waals surface area contributed by atoms with Crippen LogP contribution in [0.5, 0.6) is 0 Å². The third kappa shape index (κ3) is 18.8. The molecule has 27 heavy (non-hydrogen) atoms. The van der Waals surface area contributed by atoms with Crippen molar-refractivity contribution in [2.75, 3.05) is 5.75 Å². The summed E-state index contributed by atoms with van der Waals surface area (Å²) in [6.07, 6.45) is -2.75. The Morgan fingerprint density at radius 3 is 1.44 bits per heavy atom. The van der Waals surface area contributed by atoms with Crippen LogP contribution in [0.1, 0.15) is 13.3 Å². The molecule has 148 valence electrons. The molecule has 1 heterocycles. The monoisotopic (exact) mass is 420 g/mol. The van der Waals surface area contributed by atoms with Gasteiger partial charge in [0, 0.05) is 5.57 Å². The summed E-state index contributed by atoms with van der Waals surface area (Å²) in [5.74, 6) is -5.34. The topological polar surface area (TPSA) is 219 Å². The Kier molecular flexibility index (Phi) is 14.9. The molecule has 1 saturated heterocycles. The predicted molar refractivity (Wildman–Crippen MR) is 82.3 cm³/mol. The van der Waals surface area contributed by atoms with Crippen LogP contribution in [-0.4, -0.2) is 75.2 Å². The van der Waals surface area contributed by atoms with E-state index >= 15 is 0 Å². The second-order valence-corrected chi connectivity index (χ2v) is 6.20. The Balaban J connectivity index is -0.000000315. The van der Waals surface area contributed by atoms with Crippen LogP contribution in [0.25, 0.3) is 0 Å². The number of epoxide rings is 1. The SMILES string of the molecule is C=C(C)CS(=O)(=O)[O-].C=C(CC(=O)O)C(=O)O.O=C(O)C1OC1C(=O)O.[Na+]. The van der Waals surface area contributed by atoms with Crippen molar-refractivity contribution in [3.63, 3.8) is 0 Å². The summed E-state index contributed by atoms with van der Waals surface area (Å²) < 4.78 is 33.7. The van der Waals surface area contributed by atoms with E-state index in [9.17, 15) is 32.1 Å². The van der Waals surface area contributed by atoms with E-state index in [4.69, 9.17) is 20.4 Å². The second kappa shape index (κ2) is 13.4. The summed E-state index contributed by atoms with van der Waals surface area (Å²) >= 11 is 0. The van der Waals surface area contributed by atoms with E-state index in [1.165, 1.54) is 6.92 Å². The molecule has 1 aliphatic heterocycles. The van der Waals surface area contributed by atoms with E-state index in [-0.39, 0.29) is 35.1 Å². The maximum atomic E-state index is 9.89. The number of rotatable bonds is 7. The molecule has 0 radical (unpaired) electrons. The van der Waals surface area contributed by atoms with Crippen molar-refractivity contribution in [1.82, 2.24) is 0 Å². The fourth-order valence-corrected chi connectivity index (χ4v) is 1.65. The van der Waals surface area contributed by atoms with Crippen LogP contribution in [0, 0.1) is 0 Å². The summed E-state index contributed by atoms with van der Waals surface area (Å²) in [7, 11) is -4.07. The number of carboxylic acid groups (broad SMARTS) is 4. The number of hydrogen-bond acceptors (Lipinski definition) is 8. The number of carbonyl (C=O) groups is 4. The van der Waals surface area contributed by atoms with E-state index in [0.717, 1.165) is 0 Å². The van der Waals surface area contributed by atoms with Gasteiger partial charge in [-0.1, -0.05) is 18.7 Å². The van der Waals surface area contributed by atoms with Gasteiger partial charge in [-0.2, -0.15) is 0 Å². The molecule has 14 heteroatoms. The van der Waals surface area contributed by atoms with Crippen LogP contribution in [0.3, 0.4) is 0 Å². The average Bonchev–Trinajstić information content (AvgIpc) is 3.16. The largest absolute Gasteiger partial charge is 1.00 e. The van der Waals surface area contributed by atoms with Gasteiger partial charge in [0.15, 0.2) is 12.2 Å². The van der Waals surface area contributed by atoms with Crippen LogP contribution in [0.4, 0.5) is 0 Å². The van der Waals surface area contributed by atoms with Gasteiger partial charge in [-0.25, -0.2) is 22.8 Å². The van der Waals surface area contributed by atoms with Crippen molar-refractivity contribution in [1.29, 1.82) is 0 Å². The van der Waals surface area contributed by atoms with Crippen LogP contribution >= 0.6 is 0 Å². The summed E-state index contributed by atoms with van der Waals surface area (Å²) in [5.41, 5.74) is 0.0718. The van der Waals surface area contributed by atoms with Crippen molar-refractivity contribution < 1.29 is 86.9 Å². The first-order valence-electron chi connectivity index (χ1n) is 6.40. The second-order valence-electron chi connectivity index (χ2n) is 4.79. The Morgan fingerprint density at radius 2 is 1.37 bits per heavy atom. The Labute approximate surface area is 176 Å². The molecule has 2 atom stereocenters. The summed E-state index contributed by atoms with van der Waals surface area (Å²) in [6.45, 7) is 7.77. The number of hydrogen-bond donors (Lipinski definition) is 4. The molecule has 12 nitrogen and oxygen atoms in total. The molecule has 0 amide bonds. The standard InChI is InChI=1S/C5H6O4.C4H4O5.C4H8O3S.Na/c1-3(5(8)9)2-4(6)7;5-3(6)1-2(9-1)4(7)8;1-4(2)3-8(5,6)7;/h1-2H2,(H,6,7)(H,8,9);1-2H,(H,5,6)(H,7,8);1,3H2,2H3,(H,5,6,7);/q;;;+1/p-1. The molecule has 0 bridgehead atoms. The van der Waals surface area contributed by atoms with Crippen molar-refractivity contribution in [3.05, 3.63) is 24.3 Å². The normalized spacial score (nSPS) is 16.7. The van der Waals surface area contributed by atoms with E-state index in [2.05, 4.69) is 17.9 Å². The first kappa shape index (κ1) is 30.0. The smallest absolute Gasteiger partial charge is 0.748 e. The number of ether oxygens (including phenoxy) is 1. The fourth-order valence-electron chi connectivity index (χ4n) is 1.05. The third-order valence-electron chi connectivity index (χ3n) is 2.07. The molecule has 4 N–H and O–H groups in total. The van der Waals surface area contributed by atoms with Crippen molar-refractivity contribution in [2.45, 2.75) is 25.6 Å². The van der Waals surface area contributed by atoms with E-state index in [1.54, 1.807) is 0 Å². The van der Waals surface area contributed by atoms with Crippen molar-refractivity contribution >= 4 is 34.0 Å². The van der Waals surface area contributed by atoms with Crippen LogP contribution in [0.2, 0.25) is 0 Å². The average molecular weight is 420 g/mol. The van der Waals surface area contributed by atoms with Crippen LogP contribution in [-0.2, 0) is 34.0 Å². The van der Waals surface area contributed by atoms with Gasteiger partial charge in [0.1, 0.15) is 0 Å². The van der Waals surface area contributed by atoms with Gasteiger partial charge in [0.05, 0.1) is 22.3 Å². The summed E-state index contributed by atoms with van der Waals surface area (Å²) in [6, 6.07) is 0. The van der Waals surface area contributed by atoms with Gasteiger partial charge in [-0.15, -0.1) is 0 Å². The van der Waals surface area contributed by atoms with Crippen LogP contribution < -0.4 is 29.6 Å². The summed E-state index contributed by atoms with van der Waals surface area (Å²) in [4.78, 5) is 39.4. The number of carboxylic acids is 4. The van der Waals surface area contributed by atoms with Gasteiger partial charge in [-0.3, -0.25) is 4.79 Å². The van der Waals surface area contributed by atoms with E-state index in [0.29, 0.717) is 5.57 Å². The van der Waals surface area contributed by atoms with Gasteiger partial charge >= 0.3 is 53.4 Å². The zero-order valence-corrected chi connectivity index (χ0v) is 17.3. The molecular weight excluding hydrogens is 403 g/mol. The van der Waals surface area contributed by atoms with Gasteiger partial charge in [-0.05, 0) is 6.92 Å². The van der Waals surface area contributed by atoms with Crippen LogP contribution in [0.15, 0.2) is 24.3 Å². The molecule has 1 fully saturated rings. The first-order valence-corrected chi connectivity index (χ1v) is 7.98. The molecule has 0 aromatic heterocycles. The quantitative estimate of drug-likeness (QED) is 0.102. The first-order chi connectivity index (χ1) is 11.6. The molecule has 0 aromatic rings. The Morgan fingerprint density at radius 1 is 1.00 bits per heavy atom. The molecule has 1 rings (SSSR count). The zero-order chi connectivity index (χ0) is 21.2. The molecule has 2 unspecified atom stereocenters. The van der Waals surface area contributed by atoms with Gasteiger partial charge in [0.2, 0.25) is 0 Å². The minimum absolute atomic E-state index is 0. The number of aliphatic carboxylic acids is 4. The molecule has 1 aliphatic rings. The Bertz CT molecular complexity index is 678. The minimum Gasteiger partial charge on any atom is -0.748 e. The molecular formula is C13H17NaO12S. The molecule has 0 aliphatic carbocycles. The Hall–Kier alpha value is -1.77. The fraction of sp³-hybridized carbons (Fsp3) is 0.385. The van der Waals surface area contributed by atoms with E-state index < -0.39 is 58.4 Å². The molecule has 0 spiro atoms. The summed E-state index contributed by atoms with van der Waals surface area (Å²) in [5, 5.41) is 32.2. The maximum Gasteiger partial charge on any atom is 1.00 e. The van der Waals surface area contributed by atoms with Crippen molar-refractivity contribution in [2.24, 2.45) is 0 Å².